The fourth-order valence-electron chi connectivity index (χ4n) is 2.52. The Morgan fingerprint density at radius 1 is 1.00 bits per heavy atom. The van der Waals surface area contributed by atoms with E-state index in [9.17, 15) is 4.79 Å². The molecule has 1 heterocycles. The third-order valence-electron chi connectivity index (χ3n) is 3.47. The summed E-state index contributed by atoms with van der Waals surface area (Å²) in [5.74, 6) is -0.253. The molecule has 3 nitrogen and oxygen atoms in total. The summed E-state index contributed by atoms with van der Waals surface area (Å²) >= 11 is 0. The van der Waals surface area contributed by atoms with Gasteiger partial charge in [-0.25, -0.2) is 0 Å². The van der Waals surface area contributed by atoms with E-state index in [1.807, 2.05) is 24.3 Å². The summed E-state index contributed by atoms with van der Waals surface area (Å²) in [6.07, 6.45) is 0. The van der Waals surface area contributed by atoms with Crippen molar-refractivity contribution in [1.82, 2.24) is 0 Å². The van der Waals surface area contributed by atoms with Crippen LogP contribution in [0, 0.1) is 13.8 Å². The Morgan fingerprint density at radius 3 is 2.58 bits per heavy atom. The topological polar surface area (TPSA) is 41.8 Å². The molecular formula is C16H14N2O. The van der Waals surface area contributed by atoms with Gasteiger partial charge in [0.05, 0.1) is 0 Å². The zero-order chi connectivity index (χ0) is 13.4. The Bertz CT molecular complexity index is 689. The van der Waals surface area contributed by atoms with E-state index in [4.69, 9.17) is 0 Å². The minimum Gasteiger partial charge on any atom is -0.265 e. The van der Waals surface area contributed by atoms with Gasteiger partial charge in [0.25, 0.3) is 5.91 Å². The number of carbonyl (C=O) groups is 1. The molecule has 1 amide bonds. The molecule has 0 aliphatic carbocycles. The number of carbonyl (C=O) groups excluding carboxylic acids is 1. The molecule has 0 saturated heterocycles. The molecule has 3 rings (SSSR count). The number of azo groups is 1. The predicted molar refractivity (Wildman–Crippen MR) is 73.4 cm³/mol. The van der Waals surface area contributed by atoms with Crippen molar-refractivity contribution in [1.29, 1.82) is 0 Å². The van der Waals surface area contributed by atoms with E-state index < -0.39 is 0 Å². The number of benzene rings is 2. The molecule has 1 unspecified atom stereocenters. The van der Waals surface area contributed by atoms with Crippen molar-refractivity contribution in [2.45, 2.75) is 19.9 Å². The molecule has 19 heavy (non-hydrogen) atoms. The highest BCUT2D eigenvalue weighted by Gasteiger charge is 2.25. The second-order valence-corrected chi connectivity index (χ2v) is 4.87. The Labute approximate surface area is 112 Å². The second-order valence-electron chi connectivity index (χ2n) is 4.87. The number of hydrogen-bond donors (Lipinski definition) is 0. The molecule has 1 atom stereocenters. The quantitative estimate of drug-likeness (QED) is 0.754. The van der Waals surface area contributed by atoms with E-state index in [1.54, 1.807) is 0 Å². The molecule has 1 aliphatic rings. The Kier molecular flexibility index (Phi) is 2.75. The summed E-state index contributed by atoms with van der Waals surface area (Å²) in [5.41, 5.74) is 5.10. The van der Waals surface area contributed by atoms with E-state index in [2.05, 4.69) is 42.3 Å². The van der Waals surface area contributed by atoms with E-state index in [1.165, 1.54) is 11.1 Å². The molecule has 0 aromatic heterocycles. The first-order valence-corrected chi connectivity index (χ1v) is 6.28. The average Bonchev–Trinajstić information content (AvgIpc) is 2.41. The third-order valence-corrected chi connectivity index (χ3v) is 3.47. The molecule has 0 saturated carbocycles. The van der Waals surface area contributed by atoms with Crippen molar-refractivity contribution in [3.8, 4) is 0 Å². The predicted octanol–water partition coefficient (Wildman–Crippen LogP) is 4.00. The van der Waals surface area contributed by atoms with Crippen LogP contribution in [0.3, 0.4) is 0 Å². The highest BCUT2D eigenvalue weighted by molar-refractivity contribution is 5.97. The van der Waals surface area contributed by atoms with Gasteiger partial charge < -0.3 is 0 Å². The molecule has 2 aromatic carbocycles. The summed E-state index contributed by atoms with van der Waals surface area (Å²) in [6, 6.07) is 13.7. The lowest BCUT2D eigenvalue weighted by Crippen LogP contribution is -2.11. The fourth-order valence-corrected chi connectivity index (χ4v) is 2.52. The van der Waals surface area contributed by atoms with Crippen molar-refractivity contribution >= 4 is 5.91 Å². The first-order chi connectivity index (χ1) is 9.16. The SMILES string of the molecule is Cc1ccc(C2N=NC(=O)c3ccccc32)c(C)c1. The highest BCUT2D eigenvalue weighted by atomic mass is 16.1. The van der Waals surface area contributed by atoms with Crippen LogP contribution in [0.15, 0.2) is 52.7 Å². The average molecular weight is 250 g/mol. The molecule has 94 valence electrons. The maximum absolute atomic E-state index is 11.7. The number of aryl methyl sites for hydroxylation is 2. The lowest BCUT2D eigenvalue weighted by Gasteiger charge is -2.20. The van der Waals surface area contributed by atoms with Crippen molar-refractivity contribution in [3.05, 3.63) is 70.3 Å². The molecular weight excluding hydrogens is 236 g/mol. The van der Waals surface area contributed by atoms with E-state index in [-0.39, 0.29) is 11.9 Å². The van der Waals surface area contributed by atoms with Gasteiger partial charge in [-0.15, -0.1) is 5.11 Å². The normalized spacial score (nSPS) is 17.4. The van der Waals surface area contributed by atoms with Crippen LogP contribution in [-0.4, -0.2) is 5.91 Å². The van der Waals surface area contributed by atoms with Crippen molar-refractivity contribution < 1.29 is 4.79 Å². The number of rotatable bonds is 1. The molecule has 0 N–H and O–H groups in total. The molecule has 2 aromatic rings. The maximum Gasteiger partial charge on any atom is 0.295 e. The summed E-state index contributed by atoms with van der Waals surface area (Å²) in [7, 11) is 0. The van der Waals surface area contributed by atoms with Crippen LogP contribution in [0.25, 0.3) is 0 Å². The summed E-state index contributed by atoms with van der Waals surface area (Å²) < 4.78 is 0. The number of hydrogen-bond acceptors (Lipinski definition) is 2. The molecule has 0 radical (unpaired) electrons. The lowest BCUT2D eigenvalue weighted by molar-refractivity contribution is 0.0986. The van der Waals surface area contributed by atoms with Crippen LogP contribution in [-0.2, 0) is 0 Å². The van der Waals surface area contributed by atoms with Crippen LogP contribution in [0.1, 0.15) is 38.7 Å². The summed E-state index contributed by atoms with van der Waals surface area (Å²) in [6.45, 7) is 4.13. The minimum absolute atomic E-state index is 0.172. The molecule has 1 aliphatic heterocycles. The third kappa shape index (κ3) is 1.97. The Balaban J connectivity index is 2.16. The van der Waals surface area contributed by atoms with E-state index in [0.717, 1.165) is 11.1 Å². The summed E-state index contributed by atoms with van der Waals surface area (Å²) in [5, 5.41) is 7.97. The van der Waals surface area contributed by atoms with Crippen LogP contribution < -0.4 is 0 Å². The van der Waals surface area contributed by atoms with Gasteiger partial charge >= 0.3 is 0 Å². The first-order valence-electron chi connectivity index (χ1n) is 6.28. The zero-order valence-electron chi connectivity index (χ0n) is 10.9. The lowest BCUT2D eigenvalue weighted by atomic mass is 9.90. The van der Waals surface area contributed by atoms with Crippen molar-refractivity contribution in [3.63, 3.8) is 0 Å². The van der Waals surface area contributed by atoms with Gasteiger partial charge in [0.15, 0.2) is 0 Å². The van der Waals surface area contributed by atoms with Crippen LogP contribution >= 0.6 is 0 Å². The van der Waals surface area contributed by atoms with Gasteiger partial charge in [0.1, 0.15) is 6.04 Å². The molecule has 0 fully saturated rings. The second kappa shape index (κ2) is 4.43. The number of fused-ring (bicyclic) bond motifs is 1. The molecule has 0 spiro atoms. The van der Waals surface area contributed by atoms with Gasteiger partial charge in [-0.2, -0.15) is 5.11 Å². The molecule has 0 bridgehead atoms. The van der Waals surface area contributed by atoms with Crippen LogP contribution in [0.4, 0.5) is 0 Å². The van der Waals surface area contributed by atoms with Gasteiger partial charge in [0.2, 0.25) is 0 Å². The number of amides is 1. The molecule has 3 heteroatoms. The Hall–Kier alpha value is -2.29. The first kappa shape index (κ1) is 11.8. The zero-order valence-corrected chi connectivity index (χ0v) is 10.9. The van der Waals surface area contributed by atoms with E-state index >= 15 is 0 Å². The van der Waals surface area contributed by atoms with Crippen molar-refractivity contribution in [2.75, 3.05) is 0 Å². The van der Waals surface area contributed by atoms with Crippen molar-refractivity contribution in [2.24, 2.45) is 10.2 Å². The largest absolute Gasteiger partial charge is 0.295 e. The highest BCUT2D eigenvalue weighted by Crippen LogP contribution is 2.34. The van der Waals surface area contributed by atoms with E-state index in [0.29, 0.717) is 5.56 Å². The number of nitrogens with zero attached hydrogens (tertiary/aromatic N) is 2. The smallest absolute Gasteiger partial charge is 0.265 e. The Morgan fingerprint density at radius 2 is 1.79 bits per heavy atom. The van der Waals surface area contributed by atoms with Gasteiger partial charge in [-0.3, -0.25) is 4.79 Å². The van der Waals surface area contributed by atoms with Crippen LogP contribution in [0.2, 0.25) is 0 Å². The maximum atomic E-state index is 11.7. The van der Waals surface area contributed by atoms with Crippen LogP contribution in [0.5, 0.6) is 0 Å². The standard InChI is InChI=1S/C16H14N2O/c1-10-7-8-12(11(2)9-10)15-13-5-3-4-6-14(13)16(19)18-17-15/h3-9,15H,1-2H3. The minimum atomic E-state index is -0.253. The van der Waals surface area contributed by atoms with Gasteiger partial charge in [-0.1, -0.05) is 42.0 Å². The summed E-state index contributed by atoms with van der Waals surface area (Å²) in [4.78, 5) is 11.7. The monoisotopic (exact) mass is 250 g/mol. The van der Waals surface area contributed by atoms with Gasteiger partial charge in [-0.05, 0) is 36.6 Å². The van der Waals surface area contributed by atoms with Gasteiger partial charge in [0, 0.05) is 5.56 Å². The fraction of sp³-hybridized carbons (Fsp3) is 0.188.